The lowest BCUT2D eigenvalue weighted by molar-refractivity contribution is -0.118. The van der Waals surface area contributed by atoms with Crippen LogP contribution in [0.2, 0.25) is 18.1 Å². The van der Waals surface area contributed by atoms with Crippen molar-refractivity contribution in [3.8, 4) is 11.1 Å². The van der Waals surface area contributed by atoms with Gasteiger partial charge in [-0.3, -0.25) is 4.79 Å². The van der Waals surface area contributed by atoms with Gasteiger partial charge in [0.15, 0.2) is 8.32 Å². The highest BCUT2D eigenvalue weighted by molar-refractivity contribution is 6.74. The average molecular weight is 676 g/mol. The SMILES string of the molecule is COC(=O)N[C@@H](Cc1cccc(-c2ccccc2)c1)C(=O)Nc1ccccc1CC[C@@H]1CN(C(=O)O)C[C@@H](CO[Si](C)(C)C(C)(C)C)O1. The molecule has 1 heterocycles. The molecule has 1 fully saturated rings. The molecule has 258 valence electrons. The van der Waals surface area contributed by atoms with Crippen molar-refractivity contribution < 1.29 is 33.4 Å². The molecule has 11 heteroatoms. The van der Waals surface area contributed by atoms with Gasteiger partial charge >= 0.3 is 12.2 Å². The van der Waals surface area contributed by atoms with Crippen LogP contribution in [0.3, 0.4) is 0 Å². The predicted octanol–water partition coefficient (Wildman–Crippen LogP) is 6.96. The number of morpholine rings is 1. The molecule has 3 atom stereocenters. The molecule has 0 spiro atoms. The van der Waals surface area contributed by atoms with E-state index in [1.54, 1.807) is 0 Å². The molecule has 0 aromatic heterocycles. The smallest absolute Gasteiger partial charge is 0.407 e. The number of carbonyl (C=O) groups is 3. The summed E-state index contributed by atoms with van der Waals surface area (Å²) in [7, 11) is -0.778. The van der Waals surface area contributed by atoms with Crippen molar-refractivity contribution in [2.45, 2.75) is 76.4 Å². The number of ether oxygens (including phenoxy) is 2. The monoisotopic (exact) mass is 675 g/mol. The van der Waals surface area contributed by atoms with Crippen LogP contribution in [0, 0.1) is 0 Å². The fourth-order valence-corrected chi connectivity index (χ4v) is 6.44. The van der Waals surface area contributed by atoms with Gasteiger partial charge in [0, 0.05) is 12.1 Å². The Kier molecular flexibility index (Phi) is 12.4. The first-order valence-corrected chi connectivity index (χ1v) is 19.3. The number of hydrogen-bond donors (Lipinski definition) is 3. The van der Waals surface area contributed by atoms with Gasteiger partial charge in [-0.2, -0.15) is 0 Å². The lowest BCUT2D eigenvalue weighted by Crippen LogP contribution is -2.53. The Balaban J connectivity index is 1.44. The zero-order valence-electron chi connectivity index (χ0n) is 28.8. The third kappa shape index (κ3) is 10.2. The Morgan fingerprint density at radius 3 is 2.31 bits per heavy atom. The fraction of sp³-hybridized carbons (Fsp3) is 0.432. The minimum Gasteiger partial charge on any atom is -0.465 e. The molecule has 3 amide bonds. The van der Waals surface area contributed by atoms with Crippen LogP contribution >= 0.6 is 0 Å². The summed E-state index contributed by atoms with van der Waals surface area (Å²) in [6.07, 6.45) is -1.05. The first kappa shape index (κ1) is 36.6. The summed E-state index contributed by atoms with van der Waals surface area (Å²) in [4.78, 5) is 39.3. The van der Waals surface area contributed by atoms with E-state index in [-0.39, 0.29) is 42.7 Å². The number of aryl methyl sites for hydroxylation is 1. The zero-order valence-corrected chi connectivity index (χ0v) is 29.8. The van der Waals surface area contributed by atoms with Gasteiger partial charge in [-0.1, -0.05) is 93.6 Å². The van der Waals surface area contributed by atoms with E-state index in [0.29, 0.717) is 25.1 Å². The first-order chi connectivity index (χ1) is 22.8. The van der Waals surface area contributed by atoms with E-state index in [9.17, 15) is 19.5 Å². The summed E-state index contributed by atoms with van der Waals surface area (Å²) in [5, 5.41) is 15.5. The van der Waals surface area contributed by atoms with Crippen LogP contribution in [-0.4, -0.2) is 81.5 Å². The van der Waals surface area contributed by atoms with Crippen molar-refractivity contribution in [3.63, 3.8) is 0 Å². The molecule has 4 rings (SSSR count). The van der Waals surface area contributed by atoms with Crippen molar-refractivity contribution in [2.75, 3.05) is 32.1 Å². The number of carboxylic acid groups (broad SMARTS) is 1. The lowest BCUT2D eigenvalue weighted by Gasteiger charge is -2.40. The predicted molar refractivity (Wildman–Crippen MR) is 190 cm³/mol. The molecule has 10 nitrogen and oxygen atoms in total. The molecular weight excluding hydrogens is 627 g/mol. The van der Waals surface area contributed by atoms with E-state index in [1.165, 1.54) is 12.0 Å². The van der Waals surface area contributed by atoms with Crippen molar-refractivity contribution in [1.82, 2.24) is 10.2 Å². The average Bonchev–Trinajstić information content (AvgIpc) is 3.06. The van der Waals surface area contributed by atoms with E-state index < -0.39 is 26.5 Å². The number of nitrogens with one attached hydrogen (secondary N) is 2. The Hall–Kier alpha value is -4.19. The summed E-state index contributed by atoms with van der Waals surface area (Å²) in [5.74, 6) is -0.383. The third-order valence-corrected chi connectivity index (χ3v) is 13.7. The van der Waals surface area contributed by atoms with Gasteiger partial charge in [-0.25, -0.2) is 9.59 Å². The lowest BCUT2D eigenvalue weighted by atomic mass is 9.99. The highest BCUT2D eigenvalue weighted by atomic mass is 28.4. The van der Waals surface area contributed by atoms with Crippen LogP contribution in [0.15, 0.2) is 78.9 Å². The maximum Gasteiger partial charge on any atom is 0.407 e. The number of methoxy groups -OCH3 is 1. The van der Waals surface area contributed by atoms with E-state index in [1.807, 2.05) is 78.9 Å². The maximum atomic E-state index is 13.7. The highest BCUT2D eigenvalue weighted by Gasteiger charge is 2.39. The molecule has 1 aliphatic heterocycles. The van der Waals surface area contributed by atoms with Crippen molar-refractivity contribution in [1.29, 1.82) is 0 Å². The molecule has 3 aromatic carbocycles. The number of anilines is 1. The van der Waals surface area contributed by atoms with Gasteiger partial charge in [-0.15, -0.1) is 0 Å². The second-order valence-corrected chi connectivity index (χ2v) is 18.6. The standard InChI is InChI=1S/C37H49N3O7Si/c1-37(2,3)48(5,6)46-25-31-24-40(36(43)44)23-30(47-31)20-19-28-16-10-11-18-32(28)38-34(41)33(39-35(42)45-4)22-26-13-12-17-29(21-26)27-14-8-7-9-15-27/h7-18,21,30-31,33H,19-20,22-25H2,1-6H3,(H,38,41)(H,39,42)(H,43,44)/t30-,31+,33+/m1/s1. The molecule has 0 aliphatic carbocycles. The van der Waals surface area contributed by atoms with Gasteiger partial charge in [0.25, 0.3) is 0 Å². The number of benzene rings is 3. The molecule has 0 unspecified atom stereocenters. The van der Waals surface area contributed by atoms with Crippen molar-refractivity contribution in [3.05, 3.63) is 90.0 Å². The largest absolute Gasteiger partial charge is 0.465 e. The summed E-state index contributed by atoms with van der Waals surface area (Å²) in [6, 6.07) is 24.4. The van der Waals surface area contributed by atoms with E-state index in [2.05, 4.69) is 44.5 Å². The number of amides is 3. The Bertz CT molecular complexity index is 1540. The maximum absolute atomic E-state index is 13.7. The minimum atomic E-state index is -2.04. The molecule has 3 aromatic rings. The molecule has 3 N–H and O–H groups in total. The van der Waals surface area contributed by atoms with Crippen LogP contribution in [0.25, 0.3) is 11.1 Å². The summed E-state index contributed by atoms with van der Waals surface area (Å²) in [5.41, 5.74) is 4.43. The summed E-state index contributed by atoms with van der Waals surface area (Å²) >= 11 is 0. The first-order valence-electron chi connectivity index (χ1n) is 16.4. The molecule has 48 heavy (non-hydrogen) atoms. The van der Waals surface area contributed by atoms with Crippen molar-refractivity contribution in [2.24, 2.45) is 0 Å². The number of alkyl carbamates (subject to hydrolysis) is 1. The number of rotatable bonds is 12. The number of hydrogen-bond acceptors (Lipinski definition) is 6. The fourth-order valence-electron chi connectivity index (χ4n) is 5.40. The number of carbonyl (C=O) groups excluding carboxylic acids is 2. The van der Waals surface area contributed by atoms with E-state index in [4.69, 9.17) is 13.9 Å². The van der Waals surface area contributed by atoms with Gasteiger partial charge in [0.2, 0.25) is 5.91 Å². The molecule has 0 bridgehead atoms. The van der Waals surface area contributed by atoms with Crippen LogP contribution < -0.4 is 10.6 Å². The molecule has 1 aliphatic rings. The van der Waals surface area contributed by atoms with Crippen LogP contribution in [-0.2, 0) is 31.5 Å². The Morgan fingerprint density at radius 1 is 0.958 bits per heavy atom. The Morgan fingerprint density at radius 2 is 1.62 bits per heavy atom. The molecule has 0 saturated carbocycles. The zero-order chi connectivity index (χ0) is 34.9. The van der Waals surface area contributed by atoms with Gasteiger partial charge in [0.05, 0.1) is 39.0 Å². The molecular formula is C37H49N3O7Si. The molecule has 1 saturated heterocycles. The third-order valence-electron chi connectivity index (χ3n) is 9.22. The quantitative estimate of drug-likeness (QED) is 0.177. The topological polar surface area (TPSA) is 126 Å². The molecule has 0 radical (unpaired) electrons. The van der Waals surface area contributed by atoms with Crippen molar-refractivity contribution >= 4 is 32.1 Å². The minimum absolute atomic E-state index is 0.0271. The van der Waals surface area contributed by atoms with Crippen LogP contribution in [0.4, 0.5) is 15.3 Å². The number of para-hydroxylation sites is 1. The second-order valence-electron chi connectivity index (χ2n) is 13.8. The van der Waals surface area contributed by atoms with E-state index >= 15 is 0 Å². The van der Waals surface area contributed by atoms with Gasteiger partial charge in [0.1, 0.15) is 6.04 Å². The van der Waals surface area contributed by atoms with Gasteiger partial charge < -0.3 is 34.5 Å². The van der Waals surface area contributed by atoms with E-state index in [0.717, 1.165) is 22.3 Å². The second kappa shape index (κ2) is 16.3. The highest BCUT2D eigenvalue weighted by Crippen LogP contribution is 2.37. The Labute approximate surface area is 284 Å². The number of nitrogens with zero attached hydrogens (tertiary/aromatic N) is 1. The summed E-state index contributed by atoms with van der Waals surface area (Å²) in [6.45, 7) is 11.7. The van der Waals surface area contributed by atoms with Gasteiger partial charge in [-0.05, 0) is 59.3 Å². The van der Waals surface area contributed by atoms with Crippen LogP contribution in [0.1, 0.15) is 38.3 Å². The van der Waals surface area contributed by atoms with Crippen LogP contribution in [0.5, 0.6) is 0 Å². The summed E-state index contributed by atoms with van der Waals surface area (Å²) < 4.78 is 17.6. The normalized spacial score (nSPS) is 17.3.